The van der Waals surface area contributed by atoms with Gasteiger partial charge in [-0.05, 0) is 96.3 Å². The normalized spacial score (nSPS) is 12.7. The van der Waals surface area contributed by atoms with Crippen molar-refractivity contribution in [1.82, 2.24) is 0 Å². The van der Waals surface area contributed by atoms with Gasteiger partial charge in [0, 0.05) is 19.3 Å². The topological polar surface area (TPSA) is 78.9 Å². The molecule has 0 radical (unpaired) electrons. The monoisotopic (exact) mass is 891 g/mol. The Labute approximate surface area is 395 Å². The molecule has 64 heavy (non-hydrogen) atoms. The maximum absolute atomic E-state index is 12.7. The molecule has 6 heteroatoms. The summed E-state index contributed by atoms with van der Waals surface area (Å²) in [6.07, 6.45) is 67.5. The van der Waals surface area contributed by atoms with E-state index in [9.17, 15) is 14.4 Å². The van der Waals surface area contributed by atoms with Crippen LogP contribution >= 0.6 is 0 Å². The summed E-state index contributed by atoms with van der Waals surface area (Å²) < 4.78 is 16.7. The van der Waals surface area contributed by atoms with Crippen LogP contribution in [-0.2, 0) is 28.6 Å². The van der Waals surface area contributed by atoms with E-state index >= 15 is 0 Å². The Bertz CT molecular complexity index is 1250. The lowest BCUT2D eigenvalue weighted by Gasteiger charge is -2.18. The molecule has 0 amide bonds. The summed E-state index contributed by atoms with van der Waals surface area (Å²) in [6.45, 7) is 6.41. The van der Waals surface area contributed by atoms with Gasteiger partial charge in [0.05, 0.1) is 0 Å². The predicted molar refractivity (Wildman–Crippen MR) is 274 cm³/mol. The van der Waals surface area contributed by atoms with Crippen molar-refractivity contribution < 1.29 is 28.6 Å². The Balaban J connectivity index is 4.12. The Kier molecular flexibility index (Phi) is 49.4. The van der Waals surface area contributed by atoms with Gasteiger partial charge in [0.2, 0.25) is 0 Å². The maximum Gasteiger partial charge on any atom is 0.306 e. The first-order valence-corrected chi connectivity index (χ1v) is 26.6. The second-order valence-corrected chi connectivity index (χ2v) is 17.4. The first-order chi connectivity index (χ1) is 31.5. The molecular formula is C58H98O6. The molecule has 1 atom stereocenters. The number of hydrogen-bond acceptors (Lipinski definition) is 6. The van der Waals surface area contributed by atoms with Gasteiger partial charge in [0.15, 0.2) is 6.10 Å². The van der Waals surface area contributed by atoms with Gasteiger partial charge in [-0.3, -0.25) is 14.4 Å². The summed E-state index contributed by atoms with van der Waals surface area (Å²) in [4.78, 5) is 37.7. The summed E-state index contributed by atoms with van der Waals surface area (Å²) in [7, 11) is 0. The van der Waals surface area contributed by atoms with Crippen LogP contribution in [0.1, 0.15) is 245 Å². The molecule has 0 fully saturated rings. The fourth-order valence-corrected chi connectivity index (χ4v) is 7.15. The number of hydrogen-bond donors (Lipinski definition) is 0. The van der Waals surface area contributed by atoms with Crippen molar-refractivity contribution in [2.24, 2.45) is 0 Å². The lowest BCUT2D eigenvalue weighted by molar-refractivity contribution is -0.167. The second-order valence-electron chi connectivity index (χ2n) is 17.4. The molecule has 0 aliphatic heterocycles. The summed E-state index contributed by atoms with van der Waals surface area (Å²) in [6, 6.07) is 0. The van der Waals surface area contributed by atoms with Crippen LogP contribution in [-0.4, -0.2) is 37.2 Å². The van der Waals surface area contributed by atoms with Crippen molar-refractivity contribution in [2.45, 2.75) is 252 Å². The molecular weight excluding hydrogens is 793 g/mol. The number of esters is 3. The Hall–Kier alpha value is -3.41. The zero-order valence-electron chi connectivity index (χ0n) is 41.8. The largest absolute Gasteiger partial charge is 0.462 e. The quantitative estimate of drug-likeness (QED) is 0.0262. The molecule has 366 valence electrons. The molecule has 0 heterocycles. The summed E-state index contributed by atoms with van der Waals surface area (Å²) in [5, 5.41) is 0. The number of allylic oxidation sites excluding steroid dienone is 14. The van der Waals surface area contributed by atoms with Crippen molar-refractivity contribution in [3.05, 3.63) is 85.1 Å². The molecule has 0 aromatic carbocycles. The van der Waals surface area contributed by atoms with Crippen LogP contribution < -0.4 is 0 Å². The lowest BCUT2D eigenvalue weighted by Crippen LogP contribution is -2.30. The van der Waals surface area contributed by atoms with Crippen molar-refractivity contribution in [3.63, 3.8) is 0 Å². The van der Waals surface area contributed by atoms with E-state index in [4.69, 9.17) is 14.2 Å². The molecule has 0 saturated carbocycles. The second kappa shape index (κ2) is 52.2. The van der Waals surface area contributed by atoms with Crippen molar-refractivity contribution in [1.29, 1.82) is 0 Å². The van der Waals surface area contributed by atoms with Gasteiger partial charge >= 0.3 is 17.9 Å². The van der Waals surface area contributed by atoms with Crippen molar-refractivity contribution >= 4 is 17.9 Å². The molecule has 0 saturated heterocycles. The Morgan fingerprint density at radius 3 is 0.969 bits per heavy atom. The molecule has 0 aromatic rings. The van der Waals surface area contributed by atoms with E-state index in [-0.39, 0.29) is 31.1 Å². The highest BCUT2D eigenvalue weighted by Crippen LogP contribution is 2.14. The molecule has 0 aromatic heterocycles. The third-order valence-corrected chi connectivity index (χ3v) is 11.1. The van der Waals surface area contributed by atoms with Crippen LogP contribution in [0.4, 0.5) is 0 Å². The predicted octanol–water partition coefficient (Wildman–Crippen LogP) is 17.6. The molecule has 0 N–H and O–H groups in total. The Morgan fingerprint density at radius 1 is 0.328 bits per heavy atom. The highest BCUT2D eigenvalue weighted by Gasteiger charge is 2.19. The smallest absolute Gasteiger partial charge is 0.306 e. The summed E-state index contributed by atoms with van der Waals surface area (Å²) >= 11 is 0. The fourth-order valence-electron chi connectivity index (χ4n) is 7.15. The first kappa shape index (κ1) is 60.6. The van der Waals surface area contributed by atoms with E-state index in [1.165, 1.54) is 83.5 Å². The molecule has 1 unspecified atom stereocenters. The average Bonchev–Trinajstić information content (AvgIpc) is 3.29. The van der Waals surface area contributed by atoms with Crippen LogP contribution in [0.25, 0.3) is 0 Å². The molecule has 0 spiro atoms. The lowest BCUT2D eigenvalue weighted by atomic mass is 10.1. The molecule has 0 aliphatic rings. The molecule has 0 rings (SSSR count). The van der Waals surface area contributed by atoms with E-state index < -0.39 is 6.10 Å². The van der Waals surface area contributed by atoms with Gasteiger partial charge in [-0.2, -0.15) is 0 Å². The minimum absolute atomic E-state index is 0.0829. The van der Waals surface area contributed by atoms with Gasteiger partial charge < -0.3 is 14.2 Å². The zero-order chi connectivity index (χ0) is 46.5. The highest BCUT2D eigenvalue weighted by molar-refractivity contribution is 5.71. The van der Waals surface area contributed by atoms with Gasteiger partial charge in [0.1, 0.15) is 13.2 Å². The number of ether oxygens (including phenoxy) is 3. The van der Waals surface area contributed by atoms with Crippen LogP contribution in [0.3, 0.4) is 0 Å². The maximum atomic E-state index is 12.7. The van der Waals surface area contributed by atoms with Crippen molar-refractivity contribution in [2.75, 3.05) is 13.2 Å². The van der Waals surface area contributed by atoms with E-state index in [1.807, 2.05) is 0 Å². The molecule has 0 aliphatic carbocycles. The van der Waals surface area contributed by atoms with Gasteiger partial charge in [0.25, 0.3) is 0 Å². The average molecular weight is 891 g/mol. The standard InChI is InChI=1S/C58H98O6/c1-4-7-10-13-15-17-19-21-23-24-25-26-27-28-29-30-31-32-33-34-35-37-38-40-42-45-48-51-57(60)63-54-55(53-62-56(59)50-47-44-12-9-6-3)64-58(61)52-49-46-43-41-39-36-22-20-18-16-14-11-8-5-2/h7,10,15,17,20-23,25-26,28-29,31-32,55H,4-6,8-9,11-14,16,18-19,24,27,30,33-54H2,1-3H3/b10-7-,17-15-,22-20-,23-21-,26-25-,29-28-,32-31-. The summed E-state index contributed by atoms with van der Waals surface area (Å²) in [5.41, 5.74) is 0. The van der Waals surface area contributed by atoms with Crippen LogP contribution in [0.5, 0.6) is 0 Å². The SMILES string of the molecule is CC/C=C\C/C=C\C/C=C\C/C=C\C/C=C\C/C=C\CCCCCCCCCCC(=O)OCC(COC(=O)CCCCCCC)OC(=O)CCCCCCC/C=C\CCCCCCC. The fraction of sp³-hybridized carbons (Fsp3) is 0.707. The number of unbranched alkanes of at least 4 members (excludes halogenated alkanes) is 22. The number of carbonyl (C=O) groups is 3. The van der Waals surface area contributed by atoms with E-state index in [2.05, 4.69) is 106 Å². The third-order valence-electron chi connectivity index (χ3n) is 11.1. The Morgan fingerprint density at radius 2 is 0.609 bits per heavy atom. The van der Waals surface area contributed by atoms with Crippen LogP contribution in [0, 0.1) is 0 Å². The minimum Gasteiger partial charge on any atom is -0.462 e. The van der Waals surface area contributed by atoms with Gasteiger partial charge in [-0.25, -0.2) is 0 Å². The third kappa shape index (κ3) is 49.6. The van der Waals surface area contributed by atoms with Gasteiger partial charge in [-0.1, -0.05) is 215 Å². The summed E-state index contributed by atoms with van der Waals surface area (Å²) in [5.74, 6) is -0.915. The molecule has 6 nitrogen and oxygen atoms in total. The van der Waals surface area contributed by atoms with E-state index in [1.54, 1.807) is 0 Å². The molecule has 0 bridgehead atoms. The zero-order valence-corrected chi connectivity index (χ0v) is 41.8. The minimum atomic E-state index is -0.779. The van der Waals surface area contributed by atoms with E-state index in [0.717, 1.165) is 122 Å². The van der Waals surface area contributed by atoms with Gasteiger partial charge in [-0.15, -0.1) is 0 Å². The van der Waals surface area contributed by atoms with Crippen molar-refractivity contribution in [3.8, 4) is 0 Å². The number of carbonyl (C=O) groups excluding carboxylic acids is 3. The van der Waals surface area contributed by atoms with E-state index in [0.29, 0.717) is 19.3 Å². The first-order valence-electron chi connectivity index (χ1n) is 26.6. The highest BCUT2D eigenvalue weighted by atomic mass is 16.6. The number of rotatable bonds is 47. The van der Waals surface area contributed by atoms with Crippen LogP contribution in [0.15, 0.2) is 85.1 Å². The van der Waals surface area contributed by atoms with Crippen LogP contribution in [0.2, 0.25) is 0 Å².